The molecule has 4 aromatic rings. The van der Waals surface area contributed by atoms with Crippen molar-refractivity contribution in [1.29, 1.82) is 0 Å². The fourth-order valence-electron chi connectivity index (χ4n) is 4.79. The topological polar surface area (TPSA) is 114 Å². The highest BCUT2D eigenvalue weighted by atomic mass is 32.2. The van der Waals surface area contributed by atoms with Crippen molar-refractivity contribution in [3.05, 3.63) is 104 Å². The number of fused-ring (bicyclic) bond motifs is 1. The molecule has 11 heteroatoms. The van der Waals surface area contributed by atoms with Gasteiger partial charge >= 0.3 is 5.97 Å². The minimum atomic E-state index is -0.479. The Hall–Kier alpha value is -4.19. The number of nitrogens with one attached hydrogen (secondary N) is 3. The van der Waals surface area contributed by atoms with Crippen LogP contribution in [-0.4, -0.2) is 36.6 Å². The minimum Gasteiger partial charge on any atom is -0.465 e. The summed E-state index contributed by atoms with van der Waals surface area (Å²) in [5.41, 5.74) is 3.32. The molecule has 0 bridgehead atoms. The van der Waals surface area contributed by atoms with E-state index in [1.807, 2.05) is 29.0 Å². The third-order valence-electron chi connectivity index (χ3n) is 6.91. The van der Waals surface area contributed by atoms with Gasteiger partial charge in [0, 0.05) is 21.0 Å². The molecule has 5 rings (SSSR count). The predicted molar refractivity (Wildman–Crippen MR) is 178 cm³/mol. The van der Waals surface area contributed by atoms with Crippen molar-refractivity contribution in [3.8, 4) is 0 Å². The quantitative estimate of drug-likeness (QED) is 0.0741. The predicted octanol–water partition coefficient (Wildman–Crippen LogP) is 7.01. The van der Waals surface area contributed by atoms with Crippen LogP contribution < -0.4 is 16.0 Å². The number of amides is 3. The number of thioether (sulfide) groups is 1. The van der Waals surface area contributed by atoms with E-state index in [4.69, 9.17) is 4.74 Å². The summed E-state index contributed by atoms with van der Waals surface area (Å²) in [5, 5.41) is 12.8. The fourth-order valence-corrected chi connectivity index (χ4v) is 7.46. The third-order valence-corrected chi connectivity index (χ3v) is 9.81. The maximum absolute atomic E-state index is 13.3. The summed E-state index contributed by atoms with van der Waals surface area (Å²) in [6, 6.07) is 17.7. The number of hydrogen-bond acceptors (Lipinski definition) is 8. The average Bonchev–Trinajstić information content (AvgIpc) is 3.61. The number of anilines is 2. The molecule has 3 N–H and O–H groups in total. The number of ether oxygens (including phenoxy) is 1. The number of thiophene rings is 2. The van der Waals surface area contributed by atoms with Crippen LogP contribution in [0.3, 0.4) is 0 Å². The second-order valence-electron chi connectivity index (χ2n) is 10.0. The molecule has 0 radical (unpaired) electrons. The molecule has 44 heavy (non-hydrogen) atoms. The van der Waals surface area contributed by atoms with E-state index >= 15 is 0 Å². The monoisotopic (exact) mass is 645 g/mol. The number of carbonyl (C=O) groups excluding carboxylic acids is 4. The zero-order valence-corrected chi connectivity index (χ0v) is 26.5. The Kier molecular flexibility index (Phi) is 10.7. The molecular weight excluding hydrogens is 615 g/mol. The number of hydrogen-bond donors (Lipinski definition) is 3. The number of benzene rings is 2. The van der Waals surface area contributed by atoms with Gasteiger partial charge in [0.25, 0.3) is 11.8 Å². The van der Waals surface area contributed by atoms with E-state index in [0.29, 0.717) is 21.8 Å². The standard InChI is InChI=1S/C33H31N3O5S3/c1-41-33(40)29-25-13-6-3-7-14-27(25)44-32(29)36-28(37)20-43-24-12-8-11-23(18-24)34-31(39)26(17-21-15-16-42-19-21)35-30(38)22-9-4-2-5-10-22/h2,4-5,8-12,15-19H,3,6-7,13-14,20H2,1H3,(H,34,39)(H,35,38)(H,36,37)/b26-17-. The van der Waals surface area contributed by atoms with E-state index < -0.39 is 17.8 Å². The van der Waals surface area contributed by atoms with E-state index in [1.165, 1.54) is 41.5 Å². The summed E-state index contributed by atoms with van der Waals surface area (Å²) in [6.07, 6.45) is 6.52. The Bertz CT molecular complexity index is 1680. The van der Waals surface area contributed by atoms with E-state index in [-0.39, 0.29) is 17.4 Å². The fraction of sp³-hybridized carbons (Fsp3) is 0.212. The molecule has 2 aromatic carbocycles. The van der Waals surface area contributed by atoms with Crippen molar-refractivity contribution >= 4 is 74.9 Å². The van der Waals surface area contributed by atoms with Crippen LogP contribution in [0.5, 0.6) is 0 Å². The molecular formula is C33H31N3O5S3. The van der Waals surface area contributed by atoms with Gasteiger partial charge in [0.1, 0.15) is 10.7 Å². The van der Waals surface area contributed by atoms with Crippen molar-refractivity contribution in [1.82, 2.24) is 5.32 Å². The Morgan fingerprint density at radius 3 is 2.55 bits per heavy atom. The highest BCUT2D eigenvalue weighted by Crippen LogP contribution is 2.38. The molecule has 2 aromatic heterocycles. The molecule has 0 fully saturated rings. The van der Waals surface area contributed by atoms with Crippen molar-refractivity contribution in [3.63, 3.8) is 0 Å². The van der Waals surface area contributed by atoms with Gasteiger partial charge in [0.05, 0.1) is 18.4 Å². The van der Waals surface area contributed by atoms with Crippen LogP contribution in [0.1, 0.15) is 56.0 Å². The van der Waals surface area contributed by atoms with Crippen LogP contribution in [-0.2, 0) is 27.2 Å². The zero-order valence-electron chi connectivity index (χ0n) is 24.0. The van der Waals surface area contributed by atoms with Crippen molar-refractivity contribution in [2.75, 3.05) is 23.5 Å². The van der Waals surface area contributed by atoms with Crippen LogP contribution >= 0.6 is 34.4 Å². The van der Waals surface area contributed by atoms with Gasteiger partial charge in [0.2, 0.25) is 5.91 Å². The first-order chi connectivity index (χ1) is 21.4. The van der Waals surface area contributed by atoms with E-state index in [9.17, 15) is 19.2 Å². The second-order valence-corrected chi connectivity index (χ2v) is 12.9. The highest BCUT2D eigenvalue weighted by Gasteiger charge is 2.26. The van der Waals surface area contributed by atoms with Crippen molar-refractivity contribution in [2.45, 2.75) is 37.0 Å². The SMILES string of the molecule is COC(=O)c1c(NC(=O)CSc2cccc(NC(=O)/C(=C/c3ccsc3)NC(=O)c3ccccc3)c2)sc2c1CCCCC2. The maximum Gasteiger partial charge on any atom is 0.341 e. The molecule has 8 nitrogen and oxygen atoms in total. The molecule has 0 atom stereocenters. The molecule has 0 saturated carbocycles. The largest absolute Gasteiger partial charge is 0.465 e. The Morgan fingerprint density at radius 1 is 0.955 bits per heavy atom. The number of rotatable bonds is 10. The van der Waals surface area contributed by atoms with Gasteiger partial charge in [-0.1, -0.05) is 30.7 Å². The smallest absolute Gasteiger partial charge is 0.341 e. The van der Waals surface area contributed by atoms with Gasteiger partial charge in [0.15, 0.2) is 0 Å². The number of carbonyl (C=O) groups is 4. The minimum absolute atomic E-state index is 0.102. The van der Waals surface area contributed by atoms with Gasteiger partial charge in [-0.05, 0) is 90.0 Å². The van der Waals surface area contributed by atoms with Crippen molar-refractivity contribution in [2.24, 2.45) is 0 Å². The van der Waals surface area contributed by atoms with Gasteiger partial charge in [-0.15, -0.1) is 23.1 Å². The summed E-state index contributed by atoms with van der Waals surface area (Å²) in [7, 11) is 1.36. The summed E-state index contributed by atoms with van der Waals surface area (Å²) >= 11 is 4.26. The molecule has 1 aliphatic carbocycles. The van der Waals surface area contributed by atoms with Crippen LogP contribution in [0.2, 0.25) is 0 Å². The van der Waals surface area contributed by atoms with Gasteiger partial charge < -0.3 is 20.7 Å². The average molecular weight is 646 g/mol. The Balaban J connectivity index is 1.24. The lowest BCUT2D eigenvalue weighted by Crippen LogP contribution is -2.30. The number of aryl methyl sites for hydroxylation is 1. The van der Waals surface area contributed by atoms with Crippen LogP contribution in [0.25, 0.3) is 6.08 Å². The number of esters is 1. The Labute approximate surface area is 267 Å². The molecule has 0 aliphatic heterocycles. The van der Waals surface area contributed by atoms with Crippen LogP contribution in [0.15, 0.2) is 82.0 Å². The van der Waals surface area contributed by atoms with E-state index in [1.54, 1.807) is 48.5 Å². The highest BCUT2D eigenvalue weighted by molar-refractivity contribution is 8.00. The van der Waals surface area contributed by atoms with Gasteiger partial charge in [-0.25, -0.2) is 4.79 Å². The summed E-state index contributed by atoms with van der Waals surface area (Å²) in [6.45, 7) is 0. The molecule has 0 saturated heterocycles. The van der Waals surface area contributed by atoms with E-state index in [2.05, 4.69) is 16.0 Å². The van der Waals surface area contributed by atoms with Crippen molar-refractivity contribution < 1.29 is 23.9 Å². The lowest BCUT2D eigenvalue weighted by molar-refractivity contribution is -0.114. The maximum atomic E-state index is 13.3. The molecule has 1 aliphatic rings. The normalized spacial score (nSPS) is 12.9. The summed E-state index contributed by atoms with van der Waals surface area (Å²) in [4.78, 5) is 53.6. The second kappa shape index (κ2) is 15.0. The summed E-state index contributed by atoms with van der Waals surface area (Å²) < 4.78 is 5.04. The molecule has 3 amide bonds. The first-order valence-corrected chi connectivity index (χ1v) is 16.8. The lowest BCUT2D eigenvalue weighted by Gasteiger charge is -2.12. The first kappa shape index (κ1) is 31.2. The van der Waals surface area contributed by atoms with Gasteiger partial charge in [-0.2, -0.15) is 11.3 Å². The zero-order chi connectivity index (χ0) is 30.9. The molecule has 0 unspecified atom stereocenters. The Morgan fingerprint density at radius 2 is 1.77 bits per heavy atom. The molecule has 226 valence electrons. The third kappa shape index (κ3) is 8.04. The van der Waals surface area contributed by atoms with Gasteiger partial charge in [-0.3, -0.25) is 14.4 Å². The first-order valence-electron chi connectivity index (χ1n) is 14.1. The number of methoxy groups -OCH3 is 1. The molecule has 2 heterocycles. The van der Waals surface area contributed by atoms with Crippen LogP contribution in [0.4, 0.5) is 10.7 Å². The van der Waals surface area contributed by atoms with Crippen LogP contribution in [0, 0.1) is 0 Å². The lowest BCUT2D eigenvalue weighted by atomic mass is 10.1. The summed E-state index contributed by atoms with van der Waals surface area (Å²) in [5.74, 6) is -1.43. The van der Waals surface area contributed by atoms with E-state index in [0.717, 1.165) is 53.0 Å². The molecule has 0 spiro atoms.